The van der Waals surface area contributed by atoms with Crippen molar-refractivity contribution in [2.75, 3.05) is 13.6 Å². The van der Waals surface area contributed by atoms with Crippen molar-refractivity contribution in [1.29, 1.82) is 0 Å². The Morgan fingerprint density at radius 3 is 2.89 bits per heavy atom. The molecule has 2 rings (SSSR count). The van der Waals surface area contributed by atoms with Gasteiger partial charge in [-0.05, 0) is 38.3 Å². The van der Waals surface area contributed by atoms with E-state index in [1.54, 1.807) is 6.07 Å². The van der Waals surface area contributed by atoms with E-state index in [0.29, 0.717) is 0 Å². The molecule has 0 bridgehead atoms. The fourth-order valence-corrected chi connectivity index (χ4v) is 2.27. The molecular weight excluding hydrogens is 230 g/mol. The van der Waals surface area contributed by atoms with Crippen LogP contribution in [0, 0.1) is 18.8 Å². The quantitative estimate of drug-likeness (QED) is 0.470. The molecule has 1 aliphatic rings. The van der Waals surface area contributed by atoms with Gasteiger partial charge in [-0.2, -0.15) is 0 Å². The zero-order chi connectivity index (χ0) is 13.3. The number of carbonyl (C=O) groups is 1. The van der Waals surface area contributed by atoms with E-state index in [4.69, 9.17) is 10.3 Å². The van der Waals surface area contributed by atoms with Gasteiger partial charge in [0.05, 0.1) is 0 Å². The summed E-state index contributed by atoms with van der Waals surface area (Å²) in [6, 6.07) is 1.77. The summed E-state index contributed by atoms with van der Waals surface area (Å²) < 4.78 is 5.39. The average molecular weight is 251 g/mol. The minimum Gasteiger partial charge on any atom is -0.456 e. The molecule has 1 aliphatic carbocycles. The van der Waals surface area contributed by atoms with Crippen LogP contribution in [0.25, 0.3) is 0 Å². The van der Waals surface area contributed by atoms with Gasteiger partial charge in [-0.3, -0.25) is 10.2 Å². The minimum absolute atomic E-state index is 0.276. The van der Waals surface area contributed by atoms with Gasteiger partial charge in [0.2, 0.25) is 0 Å². The molecule has 1 fully saturated rings. The van der Waals surface area contributed by atoms with E-state index in [2.05, 4.69) is 24.3 Å². The average Bonchev–Trinajstić information content (AvgIpc) is 2.88. The first-order valence-corrected chi connectivity index (χ1v) is 6.30. The maximum atomic E-state index is 11.4. The molecule has 1 aromatic rings. The van der Waals surface area contributed by atoms with Crippen LogP contribution in [0.1, 0.15) is 35.2 Å². The largest absolute Gasteiger partial charge is 0.456 e. The summed E-state index contributed by atoms with van der Waals surface area (Å²) in [5, 5.41) is 0. The van der Waals surface area contributed by atoms with E-state index < -0.39 is 0 Å². The lowest BCUT2D eigenvalue weighted by atomic mass is 10.2. The number of nitrogen functional groups attached to an aromatic ring is 1. The third kappa shape index (κ3) is 2.91. The SMILES string of the molecule is Cc1oc(C(=O)NN)cc1CN(C)CC1CC1C. The maximum Gasteiger partial charge on any atom is 0.300 e. The zero-order valence-electron chi connectivity index (χ0n) is 11.2. The monoisotopic (exact) mass is 251 g/mol. The third-order valence-corrected chi connectivity index (χ3v) is 3.64. The van der Waals surface area contributed by atoms with Gasteiger partial charge in [-0.25, -0.2) is 5.84 Å². The van der Waals surface area contributed by atoms with Crippen molar-refractivity contribution >= 4 is 5.91 Å². The normalized spacial score (nSPS) is 22.3. The van der Waals surface area contributed by atoms with Gasteiger partial charge in [0.25, 0.3) is 0 Å². The Morgan fingerprint density at radius 2 is 2.33 bits per heavy atom. The molecule has 1 heterocycles. The Labute approximate surface area is 107 Å². The molecule has 3 N–H and O–H groups in total. The first-order valence-electron chi connectivity index (χ1n) is 6.30. The van der Waals surface area contributed by atoms with Crippen molar-refractivity contribution in [3.63, 3.8) is 0 Å². The highest BCUT2D eigenvalue weighted by molar-refractivity contribution is 5.91. The van der Waals surface area contributed by atoms with Crippen LogP contribution < -0.4 is 11.3 Å². The smallest absolute Gasteiger partial charge is 0.300 e. The lowest BCUT2D eigenvalue weighted by molar-refractivity contribution is 0.0924. The Balaban J connectivity index is 1.95. The van der Waals surface area contributed by atoms with Crippen molar-refractivity contribution < 1.29 is 9.21 Å². The van der Waals surface area contributed by atoms with Gasteiger partial charge in [-0.15, -0.1) is 0 Å². The number of hydrogen-bond donors (Lipinski definition) is 2. The molecular formula is C13H21N3O2. The van der Waals surface area contributed by atoms with Gasteiger partial charge in [0.1, 0.15) is 5.76 Å². The van der Waals surface area contributed by atoms with Crippen LogP contribution in [0.2, 0.25) is 0 Å². The molecule has 5 heteroatoms. The van der Waals surface area contributed by atoms with Crippen LogP contribution in [-0.4, -0.2) is 24.4 Å². The lowest BCUT2D eigenvalue weighted by Crippen LogP contribution is -2.29. The minimum atomic E-state index is -0.386. The standard InChI is InChI=1S/C13H21N3O2/c1-8-4-10(8)6-16(3)7-11-5-12(13(17)15-14)18-9(11)2/h5,8,10H,4,6-7,14H2,1-3H3,(H,15,17). The van der Waals surface area contributed by atoms with Crippen LogP contribution in [-0.2, 0) is 6.54 Å². The number of carbonyl (C=O) groups excluding carboxylic acids is 1. The fraction of sp³-hybridized carbons (Fsp3) is 0.615. The van der Waals surface area contributed by atoms with E-state index in [0.717, 1.165) is 36.2 Å². The third-order valence-electron chi connectivity index (χ3n) is 3.64. The second kappa shape index (κ2) is 5.12. The van der Waals surface area contributed by atoms with Crippen LogP contribution in [0.4, 0.5) is 0 Å². The zero-order valence-corrected chi connectivity index (χ0v) is 11.2. The van der Waals surface area contributed by atoms with Crippen LogP contribution in [0.3, 0.4) is 0 Å². The lowest BCUT2D eigenvalue weighted by Gasteiger charge is -2.15. The highest BCUT2D eigenvalue weighted by Gasteiger charge is 2.33. The first kappa shape index (κ1) is 13.1. The summed E-state index contributed by atoms with van der Waals surface area (Å²) in [6.07, 6.45) is 1.33. The fourth-order valence-electron chi connectivity index (χ4n) is 2.27. The van der Waals surface area contributed by atoms with Crippen LogP contribution in [0.5, 0.6) is 0 Å². The second-order valence-corrected chi connectivity index (χ2v) is 5.34. The van der Waals surface area contributed by atoms with Gasteiger partial charge in [0, 0.05) is 18.7 Å². The van der Waals surface area contributed by atoms with Crippen LogP contribution >= 0.6 is 0 Å². The van der Waals surface area contributed by atoms with Crippen molar-refractivity contribution in [2.45, 2.75) is 26.8 Å². The Bertz CT molecular complexity index is 441. The van der Waals surface area contributed by atoms with E-state index in [-0.39, 0.29) is 11.7 Å². The van der Waals surface area contributed by atoms with E-state index in [9.17, 15) is 4.79 Å². The highest BCUT2D eigenvalue weighted by atomic mass is 16.4. The molecule has 1 saturated carbocycles. The number of nitrogens with two attached hydrogens (primary N) is 1. The van der Waals surface area contributed by atoms with Gasteiger partial charge in [-0.1, -0.05) is 6.92 Å². The predicted molar refractivity (Wildman–Crippen MR) is 68.7 cm³/mol. The molecule has 2 unspecified atom stereocenters. The summed E-state index contributed by atoms with van der Waals surface area (Å²) >= 11 is 0. The van der Waals surface area contributed by atoms with E-state index in [1.165, 1.54) is 6.42 Å². The highest BCUT2D eigenvalue weighted by Crippen LogP contribution is 2.38. The molecule has 0 saturated heterocycles. The summed E-state index contributed by atoms with van der Waals surface area (Å²) in [7, 11) is 2.10. The number of aryl methyl sites for hydroxylation is 1. The molecule has 0 spiro atoms. The molecule has 18 heavy (non-hydrogen) atoms. The first-order chi connectivity index (χ1) is 8.51. The molecule has 2 atom stereocenters. The van der Waals surface area contributed by atoms with Gasteiger partial charge < -0.3 is 9.32 Å². The molecule has 1 aromatic heterocycles. The summed E-state index contributed by atoms with van der Waals surface area (Å²) in [5.41, 5.74) is 3.12. The number of hydrazine groups is 1. The Morgan fingerprint density at radius 1 is 1.67 bits per heavy atom. The number of nitrogens with one attached hydrogen (secondary N) is 1. The summed E-state index contributed by atoms with van der Waals surface area (Å²) in [6.45, 7) is 6.06. The number of furan rings is 1. The molecule has 1 amide bonds. The van der Waals surface area contributed by atoms with Gasteiger partial charge >= 0.3 is 5.91 Å². The summed E-state index contributed by atoms with van der Waals surface area (Å²) in [5.74, 6) is 7.44. The molecule has 100 valence electrons. The van der Waals surface area contributed by atoms with Crippen molar-refractivity contribution in [3.8, 4) is 0 Å². The van der Waals surface area contributed by atoms with Crippen LogP contribution in [0.15, 0.2) is 10.5 Å². The van der Waals surface area contributed by atoms with Crippen molar-refractivity contribution in [1.82, 2.24) is 10.3 Å². The van der Waals surface area contributed by atoms with E-state index >= 15 is 0 Å². The second-order valence-electron chi connectivity index (χ2n) is 5.34. The summed E-state index contributed by atoms with van der Waals surface area (Å²) in [4.78, 5) is 13.6. The Hall–Kier alpha value is -1.33. The number of amides is 1. The Kier molecular flexibility index (Phi) is 3.73. The molecule has 5 nitrogen and oxygen atoms in total. The van der Waals surface area contributed by atoms with E-state index in [1.807, 2.05) is 6.92 Å². The topological polar surface area (TPSA) is 71.5 Å². The predicted octanol–water partition coefficient (Wildman–Crippen LogP) is 1.28. The number of nitrogens with zero attached hydrogens (tertiary/aromatic N) is 1. The van der Waals surface area contributed by atoms with Crippen molar-refractivity contribution in [3.05, 3.63) is 23.2 Å². The molecule has 0 aromatic carbocycles. The van der Waals surface area contributed by atoms with Gasteiger partial charge in [0.15, 0.2) is 5.76 Å². The molecule has 0 radical (unpaired) electrons. The number of hydrogen-bond acceptors (Lipinski definition) is 4. The maximum absolute atomic E-state index is 11.4. The molecule has 0 aliphatic heterocycles. The number of rotatable bonds is 5. The van der Waals surface area contributed by atoms with Crippen molar-refractivity contribution in [2.24, 2.45) is 17.7 Å².